The van der Waals surface area contributed by atoms with Gasteiger partial charge in [-0.25, -0.2) is 8.42 Å². The zero-order valence-corrected chi connectivity index (χ0v) is 18.8. The average molecular weight is 501 g/mol. The first kappa shape index (κ1) is 23.3. The van der Waals surface area contributed by atoms with Crippen LogP contribution in [-0.4, -0.2) is 20.1 Å². The van der Waals surface area contributed by atoms with Crippen molar-refractivity contribution in [3.8, 4) is 0 Å². The van der Waals surface area contributed by atoms with Gasteiger partial charge in [-0.3, -0.25) is 9.52 Å². The molecule has 0 saturated heterocycles. The van der Waals surface area contributed by atoms with Crippen LogP contribution < -0.4 is 10.0 Å². The van der Waals surface area contributed by atoms with Crippen molar-refractivity contribution in [3.63, 3.8) is 0 Å². The van der Waals surface area contributed by atoms with E-state index >= 15 is 0 Å². The molecule has 1 amide bonds. The maximum Gasteiger partial charge on any atom is 0.288 e. The lowest BCUT2D eigenvalue weighted by molar-refractivity contribution is -0.111. The third-order valence-corrected chi connectivity index (χ3v) is 7.05. The summed E-state index contributed by atoms with van der Waals surface area (Å²) in [5.41, 5.74) is 0.340. The van der Waals surface area contributed by atoms with Crippen LogP contribution in [-0.2, 0) is 14.8 Å². The summed E-state index contributed by atoms with van der Waals surface area (Å²) < 4.78 is 52.5. The fourth-order valence-corrected chi connectivity index (χ4v) is 4.77. The minimum absolute atomic E-state index is 0.125. The zero-order valence-electron chi connectivity index (χ0n) is 15.6. The van der Waals surface area contributed by atoms with Gasteiger partial charge in [-0.05, 0) is 60.0 Å². The standard InChI is InChI=1S/C20H15ClF2N2O3S3/c21-17-9-8-16(12-18(17)24-19(26)10-7-14-2-1-11-29-14)31(27,28)25-13-3-5-15(6-4-13)30-20(22)23/h1-12,20,25H,(H,24,26). The summed E-state index contributed by atoms with van der Waals surface area (Å²) in [6.07, 6.45) is 2.95. The second kappa shape index (κ2) is 10.3. The third-order valence-electron chi connectivity index (χ3n) is 3.78. The Hall–Kier alpha value is -2.40. The molecule has 0 fully saturated rings. The van der Waals surface area contributed by atoms with E-state index in [1.54, 1.807) is 6.08 Å². The molecule has 0 atom stereocenters. The number of amides is 1. The number of hydrogen-bond acceptors (Lipinski definition) is 5. The molecule has 1 heterocycles. The maximum absolute atomic E-state index is 12.7. The number of carbonyl (C=O) groups is 1. The lowest BCUT2D eigenvalue weighted by atomic mass is 10.3. The van der Waals surface area contributed by atoms with Gasteiger partial charge in [0.2, 0.25) is 5.91 Å². The number of alkyl halides is 2. The van der Waals surface area contributed by atoms with E-state index in [0.29, 0.717) is 16.7 Å². The van der Waals surface area contributed by atoms with E-state index in [4.69, 9.17) is 11.6 Å². The topological polar surface area (TPSA) is 75.3 Å². The SMILES string of the molecule is O=C(C=Cc1cccs1)Nc1cc(S(=O)(=O)Nc2ccc(SC(F)F)cc2)ccc1Cl. The van der Waals surface area contributed by atoms with E-state index in [0.717, 1.165) is 4.88 Å². The molecule has 0 aliphatic rings. The third kappa shape index (κ3) is 6.79. The smallest absolute Gasteiger partial charge is 0.288 e. The predicted octanol–water partition coefficient (Wildman–Crippen LogP) is 6.17. The number of halogens is 3. The van der Waals surface area contributed by atoms with E-state index < -0.39 is 21.7 Å². The van der Waals surface area contributed by atoms with Crippen LogP contribution in [0.25, 0.3) is 6.08 Å². The maximum atomic E-state index is 12.7. The van der Waals surface area contributed by atoms with Gasteiger partial charge in [0.25, 0.3) is 15.8 Å². The Bertz CT molecular complexity index is 1180. The molecule has 3 rings (SSSR count). The molecular weight excluding hydrogens is 486 g/mol. The minimum Gasteiger partial charge on any atom is -0.321 e. The van der Waals surface area contributed by atoms with Gasteiger partial charge < -0.3 is 5.32 Å². The first-order valence-corrected chi connectivity index (χ1v) is 12.2. The highest BCUT2D eigenvalue weighted by Gasteiger charge is 2.17. The van der Waals surface area contributed by atoms with Crippen LogP contribution in [0.3, 0.4) is 0 Å². The molecule has 1 aromatic heterocycles. The average Bonchev–Trinajstić information content (AvgIpc) is 3.22. The van der Waals surface area contributed by atoms with Crippen molar-refractivity contribution < 1.29 is 22.0 Å². The highest BCUT2D eigenvalue weighted by molar-refractivity contribution is 7.99. The van der Waals surface area contributed by atoms with Gasteiger partial charge in [-0.2, -0.15) is 8.78 Å². The lowest BCUT2D eigenvalue weighted by Gasteiger charge is -2.11. The Morgan fingerprint density at radius 3 is 2.52 bits per heavy atom. The monoisotopic (exact) mass is 500 g/mol. The van der Waals surface area contributed by atoms with E-state index in [9.17, 15) is 22.0 Å². The molecule has 0 saturated carbocycles. The number of anilines is 2. The molecule has 0 bridgehead atoms. The predicted molar refractivity (Wildman–Crippen MR) is 123 cm³/mol. The molecule has 0 aliphatic carbocycles. The van der Waals surface area contributed by atoms with Crippen LogP contribution in [0.5, 0.6) is 0 Å². The van der Waals surface area contributed by atoms with Crippen LogP contribution in [0, 0.1) is 0 Å². The van der Waals surface area contributed by atoms with Gasteiger partial charge in [0.15, 0.2) is 0 Å². The van der Waals surface area contributed by atoms with Crippen LogP contribution in [0.15, 0.2) is 75.8 Å². The summed E-state index contributed by atoms with van der Waals surface area (Å²) in [5.74, 6) is -3.03. The van der Waals surface area contributed by atoms with E-state index in [-0.39, 0.29) is 21.3 Å². The molecule has 11 heteroatoms. The van der Waals surface area contributed by atoms with Crippen LogP contribution in [0.1, 0.15) is 4.88 Å². The number of hydrogen-bond donors (Lipinski definition) is 2. The summed E-state index contributed by atoms with van der Waals surface area (Å²) in [7, 11) is -4.00. The molecule has 2 N–H and O–H groups in total. The molecule has 0 spiro atoms. The molecule has 0 aliphatic heterocycles. The Balaban J connectivity index is 1.73. The van der Waals surface area contributed by atoms with E-state index in [2.05, 4.69) is 10.0 Å². The molecule has 0 radical (unpaired) electrons. The van der Waals surface area contributed by atoms with Crippen molar-refractivity contribution in [1.29, 1.82) is 0 Å². The second-order valence-corrected chi connectivity index (χ2v) is 10.1. The first-order valence-electron chi connectivity index (χ1n) is 8.63. The van der Waals surface area contributed by atoms with Crippen molar-refractivity contribution in [2.24, 2.45) is 0 Å². The number of sulfonamides is 1. The molecule has 5 nitrogen and oxygen atoms in total. The van der Waals surface area contributed by atoms with E-state index in [1.807, 2.05) is 17.5 Å². The first-order chi connectivity index (χ1) is 14.7. The number of nitrogens with one attached hydrogen (secondary N) is 2. The van der Waals surface area contributed by atoms with Crippen molar-refractivity contribution >= 4 is 68.1 Å². The fraction of sp³-hybridized carbons (Fsp3) is 0.0500. The summed E-state index contributed by atoms with van der Waals surface area (Å²) in [6, 6.07) is 13.1. The Kier molecular flexibility index (Phi) is 7.71. The molecule has 3 aromatic rings. The van der Waals surface area contributed by atoms with Crippen molar-refractivity contribution in [2.75, 3.05) is 10.0 Å². The molecule has 162 valence electrons. The number of thioether (sulfide) groups is 1. The Morgan fingerprint density at radius 1 is 1.13 bits per heavy atom. The van der Waals surface area contributed by atoms with Crippen molar-refractivity contribution in [1.82, 2.24) is 0 Å². The Labute approximate surface area is 191 Å². The van der Waals surface area contributed by atoms with Gasteiger partial charge in [0.1, 0.15) is 0 Å². The van der Waals surface area contributed by atoms with Gasteiger partial charge in [0.05, 0.1) is 15.6 Å². The van der Waals surface area contributed by atoms with Gasteiger partial charge in [-0.15, -0.1) is 11.3 Å². The summed E-state index contributed by atoms with van der Waals surface area (Å²) in [5, 5.41) is 4.60. The Morgan fingerprint density at radius 2 is 1.87 bits per heavy atom. The highest BCUT2D eigenvalue weighted by Crippen LogP contribution is 2.29. The molecule has 2 aromatic carbocycles. The van der Waals surface area contributed by atoms with Gasteiger partial charge in [0, 0.05) is 21.5 Å². The van der Waals surface area contributed by atoms with Crippen LogP contribution in [0.2, 0.25) is 5.02 Å². The summed E-state index contributed by atoms with van der Waals surface area (Å²) in [6.45, 7) is 0. The van der Waals surface area contributed by atoms with Crippen LogP contribution in [0.4, 0.5) is 20.2 Å². The number of thiophene rings is 1. The molecule has 0 unspecified atom stereocenters. The lowest BCUT2D eigenvalue weighted by Crippen LogP contribution is -2.14. The number of carbonyl (C=O) groups excluding carboxylic acids is 1. The zero-order chi connectivity index (χ0) is 22.4. The summed E-state index contributed by atoms with van der Waals surface area (Å²) in [4.78, 5) is 13.2. The summed E-state index contributed by atoms with van der Waals surface area (Å²) >= 11 is 7.92. The van der Waals surface area contributed by atoms with Crippen molar-refractivity contribution in [3.05, 3.63) is 76.0 Å². The molecule has 31 heavy (non-hydrogen) atoms. The second-order valence-electron chi connectivity index (χ2n) is 5.99. The van der Waals surface area contributed by atoms with Gasteiger partial charge in [-0.1, -0.05) is 29.4 Å². The largest absolute Gasteiger partial charge is 0.321 e. The minimum atomic E-state index is -4.00. The van der Waals surface area contributed by atoms with Crippen LogP contribution >= 0.6 is 34.7 Å². The number of benzene rings is 2. The number of rotatable bonds is 8. The normalized spacial score (nSPS) is 11.7. The van der Waals surface area contributed by atoms with Crippen molar-refractivity contribution in [2.45, 2.75) is 15.5 Å². The fourth-order valence-electron chi connectivity index (χ4n) is 2.40. The highest BCUT2D eigenvalue weighted by atomic mass is 35.5. The van der Waals surface area contributed by atoms with E-state index in [1.165, 1.54) is 59.9 Å². The molecular formula is C20H15ClF2N2O3S3. The quantitative estimate of drug-likeness (QED) is 0.286. The van der Waals surface area contributed by atoms with Gasteiger partial charge >= 0.3 is 0 Å².